The Bertz CT molecular complexity index is 2730. The highest BCUT2D eigenvalue weighted by atomic mass is 32.1. The summed E-state index contributed by atoms with van der Waals surface area (Å²) in [5.41, 5.74) is 2.45. The zero-order chi connectivity index (χ0) is 50.5. The molecular formula is C53H58F3N7O6S2. The van der Waals surface area contributed by atoms with Crippen LogP contribution in [-0.2, 0) is 36.6 Å². The summed E-state index contributed by atoms with van der Waals surface area (Å²) in [7, 11) is 0. The fourth-order valence-electron chi connectivity index (χ4n) is 11.3. The lowest BCUT2D eigenvalue weighted by molar-refractivity contribution is -0.145. The Kier molecular flexibility index (Phi) is 13.8. The number of hydrogen-bond acceptors (Lipinski definition) is 10. The third-order valence-electron chi connectivity index (χ3n) is 15.0. The normalized spacial score (nSPS) is 23.0. The molecule has 2 aliphatic heterocycles. The number of thiazole rings is 1. The van der Waals surface area contributed by atoms with Gasteiger partial charge in [0, 0.05) is 18.8 Å². The van der Waals surface area contributed by atoms with Crippen LogP contribution in [0.1, 0.15) is 101 Å². The fourth-order valence-corrected chi connectivity index (χ4v) is 12.6. The molecule has 2 spiro atoms. The van der Waals surface area contributed by atoms with Crippen molar-refractivity contribution >= 4 is 63.7 Å². The van der Waals surface area contributed by atoms with Crippen LogP contribution in [0.25, 0.3) is 10.4 Å². The van der Waals surface area contributed by atoms with E-state index in [1.165, 1.54) is 6.07 Å². The Morgan fingerprint density at radius 1 is 0.958 bits per heavy atom. The Hall–Kier alpha value is -5.90. The van der Waals surface area contributed by atoms with Crippen molar-refractivity contribution in [3.63, 3.8) is 0 Å². The molecule has 13 nitrogen and oxygen atoms in total. The number of carbonyl (C=O) groups is 4. The molecule has 2 N–H and O–H groups in total. The van der Waals surface area contributed by atoms with E-state index in [2.05, 4.69) is 15.6 Å². The predicted octanol–water partition coefficient (Wildman–Crippen LogP) is 9.11. The quantitative estimate of drug-likeness (QED) is 0.110. The van der Waals surface area contributed by atoms with Crippen LogP contribution < -0.4 is 25.2 Å². The third kappa shape index (κ3) is 10.0. The molecule has 3 aromatic carbocycles. The van der Waals surface area contributed by atoms with Gasteiger partial charge in [-0.3, -0.25) is 24.1 Å². The highest BCUT2D eigenvalue weighted by Gasteiger charge is 2.60. The minimum Gasteiger partial charge on any atom is -0.493 e. The number of nitrogens with zero attached hydrogens (tertiary/aromatic N) is 5. The number of nitrogens with one attached hydrogen (secondary N) is 2. The number of carbonyl (C=O) groups excluding carboxylic acids is 4. The van der Waals surface area contributed by atoms with Crippen LogP contribution >= 0.6 is 23.6 Å². The first kappa shape index (κ1) is 50.1. The molecule has 9 rings (SSSR count). The minimum atomic E-state index is -4.78. The molecule has 1 unspecified atom stereocenters. The van der Waals surface area contributed by atoms with Crippen molar-refractivity contribution in [2.75, 3.05) is 36.2 Å². The molecule has 4 aromatic rings. The molecule has 1 aromatic heterocycles. The molecule has 3 saturated carbocycles. The maximum Gasteiger partial charge on any atom is 0.417 e. The van der Waals surface area contributed by atoms with E-state index in [0.29, 0.717) is 75.3 Å². The Labute approximate surface area is 421 Å². The molecular weight excluding hydrogens is 952 g/mol. The Morgan fingerprint density at radius 2 is 1.63 bits per heavy atom. The zero-order valence-electron chi connectivity index (χ0n) is 40.3. The summed E-state index contributed by atoms with van der Waals surface area (Å²) in [4.78, 5) is 64.6. The molecule has 374 valence electrons. The van der Waals surface area contributed by atoms with E-state index in [0.717, 1.165) is 70.8 Å². The van der Waals surface area contributed by atoms with Gasteiger partial charge in [0.1, 0.15) is 30.0 Å². The predicted molar refractivity (Wildman–Crippen MR) is 266 cm³/mol. The summed E-state index contributed by atoms with van der Waals surface area (Å²) in [6.45, 7) is 9.29. The number of aromatic nitrogens is 1. The first-order valence-corrected chi connectivity index (χ1v) is 25.6. The largest absolute Gasteiger partial charge is 0.493 e. The first-order chi connectivity index (χ1) is 33.8. The van der Waals surface area contributed by atoms with Crippen LogP contribution in [0, 0.1) is 40.9 Å². The molecule has 18 heteroatoms. The van der Waals surface area contributed by atoms with Gasteiger partial charge in [-0.15, -0.1) is 11.3 Å². The number of alkyl halides is 3. The SMILES string of the molecule is Cc1ncsc1-c1ccc(CNC(=O)[C@@H]2CCCN2C(=O)C(NC(=O)COCC2CC3(C2)CC(COc2ccc(N4C(=S)N(c5ccc(C#N)c(C(F)(F)F)c5)C(=O)C45CCC5)cc2)C3)C(C)(C)C)cc1. The van der Waals surface area contributed by atoms with Crippen LogP contribution in [0.4, 0.5) is 24.5 Å². The van der Waals surface area contributed by atoms with Gasteiger partial charge in [-0.1, -0.05) is 45.0 Å². The number of thiocarbonyl (C=S) groups is 1. The summed E-state index contributed by atoms with van der Waals surface area (Å²) >= 11 is 7.36. The van der Waals surface area contributed by atoms with Gasteiger partial charge in [0.15, 0.2) is 5.11 Å². The Balaban J connectivity index is 0.698. The molecule has 3 aliphatic carbocycles. The third-order valence-corrected chi connectivity index (χ3v) is 16.4. The smallest absolute Gasteiger partial charge is 0.417 e. The van der Waals surface area contributed by atoms with Gasteiger partial charge in [0.05, 0.1) is 52.2 Å². The number of amides is 4. The first-order valence-electron chi connectivity index (χ1n) is 24.3. The Morgan fingerprint density at radius 3 is 2.24 bits per heavy atom. The van der Waals surface area contributed by atoms with Crippen molar-refractivity contribution in [2.45, 2.75) is 116 Å². The van der Waals surface area contributed by atoms with Crippen LogP contribution in [0.15, 0.2) is 72.2 Å². The minimum absolute atomic E-state index is 0.0281. The monoisotopic (exact) mass is 1010 g/mol. The van der Waals surface area contributed by atoms with Gasteiger partial charge in [0.25, 0.3) is 5.91 Å². The van der Waals surface area contributed by atoms with Crippen molar-refractivity contribution in [3.8, 4) is 22.3 Å². The van der Waals surface area contributed by atoms with E-state index in [1.54, 1.807) is 27.2 Å². The second-order valence-electron chi connectivity index (χ2n) is 21.1. The standard InChI is InChI=1S/C53H58F3N7O6S2/c1-32-44(71-31-59-32)36-10-8-33(9-11-36)27-58-46(65)42-7-5-20-61(42)47(66)45(50(2,3)4)60-43(64)30-68-28-34-22-51(23-34)24-35(25-51)29-69-40-16-14-38(15-17-40)63-49(70)62(48(67)52(63)18-6-19-52)39-13-12-37(26-57)41(21-39)53(54,55)56/h8-17,21,31,34-35,42,45H,5-7,18-20,22-25,27-30H2,1-4H3,(H,58,65)(H,60,64)/t34?,35?,42-,45?,51?/m0/s1. The summed E-state index contributed by atoms with van der Waals surface area (Å²) in [6.07, 6.45) is 2.32. The number of anilines is 2. The number of benzene rings is 3. The molecule has 2 atom stereocenters. The second-order valence-corrected chi connectivity index (χ2v) is 22.3. The van der Waals surface area contributed by atoms with Crippen LogP contribution in [0.5, 0.6) is 5.75 Å². The maximum atomic E-state index is 14.0. The number of halogens is 3. The van der Waals surface area contributed by atoms with Gasteiger partial charge in [0.2, 0.25) is 17.7 Å². The molecule has 71 heavy (non-hydrogen) atoms. The average Bonchev–Trinajstić information content (AvgIpc) is 4.02. The summed E-state index contributed by atoms with van der Waals surface area (Å²) < 4.78 is 53.6. The van der Waals surface area contributed by atoms with Gasteiger partial charge >= 0.3 is 6.18 Å². The topological polar surface area (TPSA) is 157 Å². The van der Waals surface area contributed by atoms with Crippen molar-refractivity contribution in [1.82, 2.24) is 20.5 Å². The molecule has 0 radical (unpaired) electrons. The second kappa shape index (κ2) is 19.6. The maximum absolute atomic E-state index is 14.0. The van der Waals surface area contributed by atoms with Crippen LogP contribution in [0.3, 0.4) is 0 Å². The average molecular weight is 1010 g/mol. The van der Waals surface area contributed by atoms with Crippen molar-refractivity contribution in [1.29, 1.82) is 5.26 Å². The van der Waals surface area contributed by atoms with Crippen molar-refractivity contribution in [3.05, 3.63) is 94.6 Å². The van der Waals surface area contributed by atoms with E-state index in [9.17, 15) is 37.6 Å². The van der Waals surface area contributed by atoms with Gasteiger partial charge in [-0.2, -0.15) is 18.4 Å². The van der Waals surface area contributed by atoms with Crippen LogP contribution in [0.2, 0.25) is 0 Å². The lowest BCUT2D eigenvalue weighted by Crippen LogP contribution is -2.58. The van der Waals surface area contributed by atoms with E-state index in [4.69, 9.17) is 21.7 Å². The van der Waals surface area contributed by atoms with E-state index in [1.807, 2.05) is 81.7 Å². The number of hydrogen-bond donors (Lipinski definition) is 2. The fraction of sp³-hybridized carbons (Fsp3) is 0.491. The van der Waals surface area contributed by atoms with Crippen molar-refractivity contribution < 1.29 is 41.8 Å². The van der Waals surface area contributed by atoms with Crippen LogP contribution in [-0.4, -0.2) is 82.6 Å². The summed E-state index contributed by atoms with van der Waals surface area (Å²) in [5.74, 6) is 0.142. The molecule has 5 fully saturated rings. The molecule has 0 bridgehead atoms. The van der Waals surface area contributed by atoms with Gasteiger partial charge in [-0.05, 0) is 153 Å². The number of aryl methyl sites for hydroxylation is 1. The lowest BCUT2D eigenvalue weighted by Gasteiger charge is -2.57. The van der Waals surface area contributed by atoms with E-state index >= 15 is 0 Å². The summed E-state index contributed by atoms with van der Waals surface area (Å²) in [5, 5.41) is 15.3. The number of nitriles is 1. The molecule has 4 amide bonds. The summed E-state index contributed by atoms with van der Waals surface area (Å²) in [6, 6.07) is 18.6. The van der Waals surface area contributed by atoms with E-state index < -0.39 is 40.3 Å². The highest BCUT2D eigenvalue weighted by molar-refractivity contribution is 7.81. The zero-order valence-corrected chi connectivity index (χ0v) is 41.9. The number of rotatable bonds is 15. The molecule has 2 saturated heterocycles. The number of ether oxygens (including phenoxy) is 2. The number of likely N-dealkylation sites (tertiary alicyclic amines) is 1. The molecule has 5 aliphatic rings. The highest BCUT2D eigenvalue weighted by Crippen LogP contribution is 2.61. The molecule has 3 heterocycles. The lowest BCUT2D eigenvalue weighted by atomic mass is 9.48. The van der Waals surface area contributed by atoms with Crippen molar-refractivity contribution in [2.24, 2.45) is 22.7 Å². The van der Waals surface area contributed by atoms with Gasteiger partial charge in [-0.25, -0.2) is 4.98 Å². The van der Waals surface area contributed by atoms with E-state index in [-0.39, 0.29) is 46.5 Å². The van der Waals surface area contributed by atoms with Gasteiger partial charge < -0.3 is 29.9 Å².